The number of hydrogen-bond donors (Lipinski definition) is 2. The molecule has 1 aromatic carbocycles. The quantitative estimate of drug-likeness (QED) is 0.312. The number of allylic oxidation sites excluding steroid dienone is 1. The Morgan fingerprint density at radius 3 is 2.45 bits per heavy atom. The molecule has 4 heterocycles. The number of piperazine rings is 1. The Labute approximate surface area is 228 Å². The molecule has 0 amide bonds. The summed E-state index contributed by atoms with van der Waals surface area (Å²) in [5.74, 6) is 1.24. The lowest BCUT2D eigenvalue weighted by Crippen LogP contribution is -2.54. The Morgan fingerprint density at radius 1 is 1.18 bits per heavy atom. The number of benzene rings is 1. The number of halogens is 1. The Bertz CT molecular complexity index is 1000. The highest BCUT2D eigenvalue weighted by molar-refractivity contribution is 6.00. The topological polar surface area (TPSA) is 63.6 Å². The van der Waals surface area contributed by atoms with Crippen LogP contribution in [0.3, 0.4) is 0 Å². The number of unbranched alkanes of at least 4 members (excludes halogenated alkanes) is 1. The molecule has 38 heavy (non-hydrogen) atoms. The number of amidine groups is 1. The van der Waals surface area contributed by atoms with Crippen LogP contribution in [0.1, 0.15) is 58.8 Å². The lowest BCUT2D eigenvalue weighted by Gasteiger charge is -2.39. The number of likely N-dealkylation sites (tertiary alicyclic amines) is 2. The number of aromatic hydroxyl groups is 1. The maximum atomic E-state index is 14.5. The molecule has 2 atom stereocenters. The third-order valence-corrected chi connectivity index (χ3v) is 8.01. The highest BCUT2D eigenvalue weighted by atomic mass is 19.1. The first-order chi connectivity index (χ1) is 18.4. The fraction of sp³-hybridized carbons (Fsp3) is 0.633. The van der Waals surface area contributed by atoms with Gasteiger partial charge >= 0.3 is 0 Å². The average molecular weight is 528 g/mol. The molecule has 0 aliphatic carbocycles. The van der Waals surface area contributed by atoms with E-state index in [4.69, 9.17) is 9.73 Å². The third-order valence-electron chi connectivity index (χ3n) is 8.01. The largest absolute Gasteiger partial charge is 0.506 e. The standard InChI is InChI=1S/C25H35FN4O2.C5H11N/c1-4-5-9-23(32-3)28-25(30-15-18-10-11-19(16-30)27-18)20-12-13-29(14-17(20)2)24-21(26)7-6-8-22(24)31;1-6-4-2-3-5-6/h6-9,18-19,27,31H,4-5,10-16H2,1-3H3;2-5H2,1H3/b23-9-,28-25+;. The van der Waals surface area contributed by atoms with Crippen molar-refractivity contribution in [1.29, 1.82) is 0 Å². The zero-order valence-electron chi connectivity index (χ0n) is 23.7. The minimum absolute atomic E-state index is 0.0158. The highest BCUT2D eigenvalue weighted by Gasteiger charge is 2.35. The molecule has 0 spiro atoms. The van der Waals surface area contributed by atoms with E-state index in [1.54, 1.807) is 13.2 Å². The van der Waals surface area contributed by atoms with Gasteiger partial charge in [-0.3, -0.25) is 0 Å². The maximum Gasteiger partial charge on any atom is 0.210 e. The van der Waals surface area contributed by atoms with Crippen molar-refractivity contribution in [2.24, 2.45) is 4.99 Å². The molecule has 3 saturated heterocycles. The van der Waals surface area contributed by atoms with E-state index in [1.165, 1.54) is 56.5 Å². The second-order valence-electron chi connectivity index (χ2n) is 11.1. The second kappa shape index (κ2) is 13.5. The van der Waals surface area contributed by atoms with Gasteiger partial charge in [0.05, 0.1) is 7.11 Å². The first-order valence-electron chi connectivity index (χ1n) is 14.3. The molecular formula is C30H46FN5O2. The van der Waals surface area contributed by atoms with Crippen LogP contribution in [0, 0.1) is 5.82 Å². The summed E-state index contributed by atoms with van der Waals surface area (Å²) in [6, 6.07) is 5.47. The van der Waals surface area contributed by atoms with Gasteiger partial charge in [0.2, 0.25) is 5.88 Å². The molecule has 7 nitrogen and oxygen atoms in total. The smallest absolute Gasteiger partial charge is 0.210 e. The van der Waals surface area contributed by atoms with Crippen LogP contribution in [0.5, 0.6) is 5.75 Å². The van der Waals surface area contributed by atoms with Crippen molar-refractivity contribution in [3.05, 3.63) is 47.1 Å². The molecule has 1 aromatic rings. The van der Waals surface area contributed by atoms with Gasteiger partial charge in [0.25, 0.3) is 0 Å². The van der Waals surface area contributed by atoms with E-state index in [2.05, 4.69) is 42.1 Å². The van der Waals surface area contributed by atoms with Crippen LogP contribution in [-0.2, 0) is 4.74 Å². The van der Waals surface area contributed by atoms with Crippen LogP contribution in [0.4, 0.5) is 10.1 Å². The van der Waals surface area contributed by atoms with Crippen molar-refractivity contribution < 1.29 is 14.2 Å². The molecule has 2 bridgehead atoms. The molecule has 0 saturated carbocycles. The van der Waals surface area contributed by atoms with Gasteiger partial charge in [-0.25, -0.2) is 4.39 Å². The minimum Gasteiger partial charge on any atom is -0.506 e. The van der Waals surface area contributed by atoms with Gasteiger partial charge in [-0.05, 0) is 94.9 Å². The molecule has 0 radical (unpaired) electrons. The number of para-hydroxylation sites is 1. The van der Waals surface area contributed by atoms with Crippen molar-refractivity contribution in [3.8, 4) is 5.75 Å². The van der Waals surface area contributed by atoms with Gasteiger partial charge in [0.1, 0.15) is 23.1 Å². The molecule has 210 valence electrons. The van der Waals surface area contributed by atoms with Crippen LogP contribution in [-0.4, -0.2) is 86.3 Å². The Morgan fingerprint density at radius 2 is 1.89 bits per heavy atom. The van der Waals surface area contributed by atoms with E-state index in [0.717, 1.165) is 43.8 Å². The first kappa shape index (κ1) is 28.4. The molecule has 8 heteroatoms. The summed E-state index contributed by atoms with van der Waals surface area (Å²) in [6.45, 7) is 9.93. The normalized spacial score (nSPS) is 24.6. The summed E-state index contributed by atoms with van der Waals surface area (Å²) in [5.41, 5.74) is 2.64. The lowest BCUT2D eigenvalue weighted by atomic mass is 9.97. The van der Waals surface area contributed by atoms with Crippen molar-refractivity contribution in [2.45, 2.75) is 70.9 Å². The average Bonchev–Trinajstić information content (AvgIpc) is 3.52. The summed E-state index contributed by atoms with van der Waals surface area (Å²) < 4.78 is 20.1. The monoisotopic (exact) mass is 527 g/mol. The number of methoxy groups -OCH3 is 1. The van der Waals surface area contributed by atoms with E-state index < -0.39 is 5.82 Å². The Hall–Kier alpha value is -2.58. The number of rotatable bonds is 6. The molecular weight excluding hydrogens is 481 g/mol. The summed E-state index contributed by atoms with van der Waals surface area (Å²) in [7, 11) is 3.85. The van der Waals surface area contributed by atoms with Crippen molar-refractivity contribution in [3.63, 3.8) is 0 Å². The van der Waals surface area contributed by atoms with Crippen LogP contribution in [0.2, 0.25) is 0 Å². The number of hydrogen-bond acceptors (Lipinski definition) is 6. The van der Waals surface area contributed by atoms with Gasteiger partial charge in [-0.15, -0.1) is 0 Å². The summed E-state index contributed by atoms with van der Waals surface area (Å²) in [5, 5.41) is 13.9. The SMILES string of the molecule is CCC/C=C(/N=C(\C1=C(C)CN(c2c(O)cccc2F)CC1)N1CC2CCC(C1)N2)OC.CN1CCCC1. The number of anilines is 1. The van der Waals surface area contributed by atoms with Crippen LogP contribution in [0.25, 0.3) is 0 Å². The molecule has 5 rings (SSSR count). The van der Waals surface area contributed by atoms with E-state index in [0.29, 0.717) is 31.1 Å². The molecule has 4 aliphatic rings. The van der Waals surface area contributed by atoms with Gasteiger partial charge in [-0.2, -0.15) is 4.99 Å². The minimum atomic E-state index is -0.391. The lowest BCUT2D eigenvalue weighted by molar-refractivity contribution is 0.272. The van der Waals surface area contributed by atoms with Crippen LogP contribution in [0.15, 0.2) is 46.3 Å². The fourth-order valence-corrected chi connectivity index (χ4v) is 5.95. The number of nitrogens with one attached hydrogen (secondary N) is 1. The molecule has 2 unspecified atom stereocenters. The molecule has 2 N–H and O–H groups in total. The molecule has 0 aromatic heterocycles. The van der Waals surface area contributed by atoms with Crippen molar-refractivity contribution in [1.82, 2.24) is 15.1 Å². The Balaban J connectivity index is 0.000000494. The van der Waals surface area contributed by atoms with Crippen LogP contribution < -0.4 is 10.2 Å². The summed E-state index contributed by atoms with van der Waals surface area (Å²) >= 11 is 0. The zero-order valence-corrected chi connectivity index (χ0v) is 23.7. The van der Waals surface area contributed by atoms with E-state index in [-0.39, 0.29) is 11.4 Å². The highest BCUT2D eigenvalue weighted by Crippen LogP contribution is 2.34. The van der Waals surface area contributed by atoms with Crippen LogP contribution >= 0.6 is 0 Å². The van der Waals surface area contributed by atoms with Gasteiger partial charge in [0.15, 0.2) is 0 Å². The molecule has 4 aliphatic heterocycles. The first-order valence-corrected chi connectivity index (χ1v) is 14.3. The van der Waals surface area contributed by atoms with Crippen molar-refractivity contribution >= 4 is 11.5 Å². The van der Waals surface area contributed by atoms with Gasteiger partial charge < -0.3 is 29.9 Å². The maximum absolute atomic E-state index is 14.5. The molecule has 3 fully saturated rings. The summed E-state index contributed by atoms with van der Waals surface area (Å²) in [4.78, 5) is 11.7. The Kier molecular flexibility index (Phi) is 10.1. The van der Waals surface area contributed by atoms with E-state index in [1.807, 2.05) is 4.90 Å². The van der Waals surface area contributed by atoms with Crippen molar-refractivity contribution in [2.75, 3.05) is 58.3 Å². The zero-order chi connectivity index (χ0) is 27.1. The third kappa shape index (κ3) is 7.08. The number of phenolic OH excluding ortho intramolecular Hbond substituents is 1. The predicted molar refractivity (Wildman–Crippen MR) is 153 cm³/mol. The summed E-state index contributed by atoms with van der Waals surface area (Å²) in [6.07, 6.45) is 9.99. The number of phenols is 1. The van der Waals surface area contributed by atoms with Gasteiger partial charge in [0, 0.05) is 38.3 Å². The van der Waals surface area contributed by atoms with E-state index >= 15 is 0 Å². The van der Waals surface area contributed by atoms with E-state index in [9.17, 15) is 9.50 Å². The predicted octanol–water partition coefficient (Wildman–Crippen LogP) is 4.89. The van der Waals surface area contributed by atoms with Gasteiger partial charge in [-0.1, -0.05) is 19.4 Å². The fourth-order valence-electron chi connectivity index (χ4n) is 5.95. The second-order valence-corrected chi connectivity index (χ2v) is 11.1. The number of aliphatic imine (C=N–C) groups is 1. The number of fused-ring (bicyclic) bond motifs is 2. The number of nitrogens with zero attached hydrogens (tertiary/aromatic N) is 4. The number of ether oxygens (including phenoxy) is 1.